The van der Waals surface area contributed by atoms with Crippen molar-refractivity contribution in [2.45, 2.75) is 91.0 Å². The Labute approximate surface area is 153 Å². The number of allylic oxidation sites excluding steroid dienone is 4. The Morgan fingerprint density at radius 3 is 2.48 bits per heavy atom. The maximum atomic E-state index is 11.7. The fraction of sp³-hybridized carbons (Fsp3) is 0.682. The van der Waals surface area contributed by atoms with Gasteiger partial charge in [0.1, 0.15) is 12.2 Å². The van der Waals surface area contributed by atoms with E-state index in [1.54, 1.807) is 0 Å². The van der Waals surface area contributed by atoms with Crippen LogP contribution in [0.15, 0.2) is 35.5 Å². The first-order valence-electron chi connectivity index (χ1n) is 9.54. The van der Waals surface area contributed by atoms with Crippen molar-refractivity contribution in [2.75, 3.05) is 0 Å². The number of epoxide rings is 1. The third-order valence-corrected chi connectivity index (χ3v) is 5.59. The SMILES string of the molecule is C=C(C)C1CC/C(C)=C/CC/C(C)=C/CC[C@@]2(C)O[C@@H]2[C@H]1OC(C)=O. The molecule has 3 heteroatoms. The molecule has 0 bridgehead atoms. The van der Waals surface area contributed by atoms with Gasteiger partial charge in [-0.25, -0.2) is 0 Å². The average Bonchev–Trinajstić information content (AvgIpc) is 3.16. The number of carbonyl (C=O) groups is 1. The Hall–Kier alpha value is -1.35. The highest BCUT2D eigenvalue weighted by molar-refractivity contribution is 5.66. The highest BCUT2D eigenvalue weighted by Gasteiger charge is 2.58. The molecular formula is C22H34O3. The summed E-state index contributed by atoms with van der Waals surface area (Å²) in [5, 5.41) is 0. The fourth-order valence-corrected chi connectivity index (χ4v) is 3.85. The van der Waals surface area contributed by atoms with E-state index in [1.807, 2.05) is 6.92 Å². The smallest absolute Gasteiger partial charge is 0.303 e. The maximum absolute atomic E-state index is 11.7. The van der Waals surface area contributed by atoms with E-state index in [0.29, 0.717) is 0 Å². The molecule has 1 saturated heterocycles. The lowest BCUT2D eigenvalue weighted by Gasteiger charge is -2.27. The highest BCUT2D eigenvalue weighted by atomic mass is 16.6. The number of fused-ring (bicyclic) bond motifs is 1. The summed E-state index contributed by atoms with van der Waals surface area (Å²) in [6.45, 7) is 14.2. The predicted molar refractivity (Wildman–Crippen MR) is 102 cm³/mol. The molecule has 0 radical (unpaired) electrons. The normalized spacial score (nSPS) is 38.2. The number of rotatable bonds is 2. The molecule has 0 N–H and O–H groups in total. The first kappa shape index (κ1) is 20.0. The quantitative estimate of drug-likeness (QED) is 0.376. The van der Waals surface area contributed by atoms with E-state index in [1.165, 1.54) is 18.1 Å². The van der Waals surface area contributed by atoms with Crippen LogP contribution in [0.1, 0.15) is 73.1 Å². The number of ether oxygens (including phenoxy) is 2. The van der Waals surface area contributed by atoms with Crippen molar-refractivity contribution in [1.29, 1.82) is 0 Å². The minimum atomic E-state index is -0.238. The molecule has 1 heterocycles. The van der Waals surface area contributed by atoms with Gasteiger partial charge in [0.2, 0.25) is 0 Å². The van der Waals surface area contributed by atoms with Crippen LogP contribution in [0.25, 0.3) is 0 Å². The topological polar surface area (TPSA) is 38.8 Å². The largest absolute Gasteiger partial charge is 0.459 e. The zero-order valence-electron chi connectivity index (χ0n) is 16.6. The summed E-state index contributed by atoms with van der Waals surface area (Å²) in [5.41, 5.74) is 3.72. The Balaban J connectivity index is 2.25. The summed E-state index contributed by atoms with van der Waals surface area (Å²) in [4.78, 5) is 11.7. The van der Waals surface area contributed by atoms with Gasteiger partial charge in [0, 0.05) is 12.8 Å². The second kappa shape index (κ2) is 8.35. The molecule has 25 heavy (non-hydrogen) atoms. The molecular weight excluding hydrogens is 312 g/mol. The van der Waals surface area contributed by atoms with Crippen molar-refractivity contribution >= 4 is 5.97 Å². The summed E-state index contributed by atoms with van der Waals surface area (Å²) < 4.78 is 11.8. The lowest BCUT2D eigenvalue weighted by molar-refractivity contribution is -0.149. The maximum Gasteiger partial charge on any atom is 0.303 e. The molecule has 3 nitrogen and oxygen atoms in total. The summed E-state index contributed by atoms with van der Waals surface area (Å²) in [6, 6.07) is 0. The predicted octanol–water partition coefficient (Wildman–Crippen LogP) is 5.51. The number of carbonyl (C=O) groups excluding carboxylic acids is 1. The Morgan fingerprint density at radius 2 is 1.84 bits per heavy atom. The minimum Gasteiger partial charge on any atom is -0.459 e. The van der Waals surface area contributed by atoms with Gasteiger partial charge < -0.3 is 9.47 Å². The monoisotopic (exact) mass is 346 g/mol. The average molecular weight is 347 g/mol. The van der Waals surface area contributed by atoms with E-state index < -0.39 is 0 Å². The molecule has 0 aromatic carbocycles. The first-order chi connectivity index (χ1) is 11.7. The molecule has 0 spiro atoms. The summed E-state index contributed by atoms with van der Waals surface area (Å²) in [5.74, 6) is -0.0995. The van der Waals surface area contributed by atoms with Crippen LogP contribution in [0, 0.1) is 5.92 Å². The Morgan fingerprint density at radius 1 is 1.20 bits per heavy atom. The van der Waals surface area contributed by atoms with Crippen LogP contribution >= 0.6 is 0 Å². The third-order valence-electron chi connectivity index (χ3n) is 5.59. The molecule has 1 aliphatic carbocycles. The molecule has 140 valence electrons. The molecule has 2 aliphatic rings. The van der Waals surface area contributed by atoms with Crippen molar-refractivity contribution in [3.63, 3.8) is 0 Å². The van der Waals surface area contributed by atoms with Gasteiger partial charge in [-0.1, -0.05) is 35.5 Å². The second-order valence-electron chi connectivity index (χ2n) is 8.09. The van der Waals surface area contributed by atoms with Gasteiger partial charge >= 0.3 is 5.97 Å². The van der Waals surface area contributed by atoms with E-state index in [-0.39, 0.29) is 29.7 Å². The van der Waals surface area contributed by atoms with E-state index in [9.17, 15) is 4.79 Å². The fourth-order valence-electron chi connectivity index (χ4n) is 3.85. The third kappa shape index (κ3) is 5.57. The van der Waals surface area contributed by atoms with Crippen LogP contribution < -0.4 is 0 Å². The van der Waals surface area contributed by atoms with E-state index in [2.05, 4.69) is 39.5 Å². The summed E-state index contributed by atoms with van der Waals surface area (Å²) in [7, 11) is 0. The van der Waals surface area contributed by atoms with Crippen LogP contribution in [0.5, 0.6) is 0 Å². The number of hydrogen-bond donors (Lipinski definition) is 0. The minimum absolute atomic E-state index is 0.0287. The Kier molecular flexibility index (Phi) is 6.67. The van der Waals surface area contributed by atoms with Gasteiger partial charge in [-0.15, -0.1) is 0 Å². The Bertz CT molecular complexity index is 572. The standard InChI is InChI=1S/C22H34O3/c1-15(2)19-13-12-17(4)10-7-9-16(3)11-8-14-22(6)21(25-22)20(19)24-18(5)23/h10-11,19-21H,1,7-9,12-14H2,2-6H3/b16-11+,17-10+/t19?,20-,21+,22+/m0/s1. The highest BCUT2D eigenvalue weighted by Crippen LogP contribution is 2.47. The molecule has 4 atom stereocenters. The van der Waals surface area contributed by atoms with Crippen LogP contribution in [0.4, 0.5) is 0 Å². The molecule has 2 rings (SSSR count). The second-order valence-corrected chi connectivity index (χ2v) is 8.09. The van der Waals surface area contributed by atoms with E-state index >= 15 is 0 Å². The van der Waals surface area contributed by atoms with Gasteiger partial charge in [-0.3, -0.25) is 4.79 Å². The lowest BCUT2D eigenvalue weighted by Crippen LogP contribution is -2.35. The van der Waals surface area contributed by atoms with Crippen molar-refractivity contribution in [3.8, 4) is 0 Å². The molecule has 0 saturated carbocycles. The van der Waals surface area contributed by atoms with Gasteiger partial charge in [0.05, 0.1) is 5.60 Å². The van der Waals surface area contributed by atoms with Crippen molar-refractivity contribution in [1.82, 2.24) is 0 Å². The number of hydrogen-bond acceptors (Lipinski definition) is 3. The van der Waals surface area contributed by atoms with E-state index in [0.717, 1.165) is 44.1 Å². The van der Waals surface area contributed by atoms with Gasteiger partial charge in [0.15, 0.2) is 0 Å². The lowest BCUT2D eigenvalue weighted by atomic mass is 9.83. The molecule has 0 aromatic heterocycles. The van der Waals surface area contributed by atoms with Gasteiger partial charge in [-0.2, -0.15) is 0 Å². The van der Waals surface area contributed by atoms with Crippen LogP contribution in [-0.4, -0.2) is 23.8 Å². The van der Waals surface area contributed by atoms with E-state index in [4.69, 9.17) is 9.47 Å². The van der Waals surface area contributed by atoms with Crippen LogP contribution in [-0.2, 0) is 14.3 Å². The van der Waals surface area contributed by atoms with Crippen molar-refractivity contribution in [3.05, 3.63) is 35.5 Å². The molecule has 0 aromatic rings. The molecule has 1 unspecified atom stereocenters. The van der Waals surface area contributed by atoms with Gasteiger partial charge in [0.25, 0.3) is 0 Å². The zero-order valence-corrected chi connectivity index (χ0v) is 16.6. The summed E-state index contributed by atoms with van der Waals surface area (Å²) >= 11 is 0. The van der Waals surface area contributed by atoms with Gasteiger partial charge in [-0.05, 0) is 66.2 Å². The molecule has 0 amide bonds. The van der Waals surface area contributed by atoms with Crippen molar-refractivity contribution in [2.24, 2.45) is 5.92 Å². The molecule has 1 fully saturated rings. The first-order valence-corrected chi connectivity index (χ1v) is 9.54. The summed E-state index contributed by atoms with van der Waals surface area (Å²) in [6.07, 6.45) is 10.5. The zero-order chi connectivity index (χ0) is 18.6. The number of esters is 1. The van der Waals surface area contributed by atoms with Crippen LogP contribution in [0.2, 0.25) is 0 Å². The van der Waals surface area contributed by atoms with Crippen LogP contribution in [0.3, 0.4) is 0 Å². The molecule has 1 aliphatic heterocycles. The van der Waals surface area contributed by atoms with Crippen molar-refractivity contribution < 1.29 is 14.3 Å².